The molecule has 5 N–H and O–H groups in total. The number of aryl methyl sites for hydroxylation is 1. The van der Waals surface area contributed by atoms with Gasteiger partial charge in [0, 0.05) is 46.7 Å². The van der Waals surface area contributed by atoms with Crippen LogP contribution in [0, 0.1) is 6.92 Å². The number of nitrogens with zero attached hydrogens (tertiary/aromatic N) is 4. The molecule has 1 saturated carbocycles. The highest BCUT2D eigenvalue weighted by atomic mass is 35.5. The van der Waals surface area contributed by atoms with E-state index in [-0.39, 0.29) is 9.92 Å². The van der Waals surface area contributed by atoms with E-state index in [1.807, 2.05) is 31.3 Å². The van der Waals surface area contributed by atoms with Crippen LogP contribution >= 0.6 is 11.6 Å². The zero-order chi connectivity index (χ0) is 25.4. The molecule has 0 aliphatic heterocycles. The van der Waals surface area contributed by atoms with Gasteiger partial charge in [-0.2, -0.15) is 0 Å². The third-order valence-electron chi connectivity index (χ3n) is 6.47. The Morgan fingerprint density at radius 1 is 0.972 bits per heavy atom. The molecule has 1 aliphatic rings. The normalized spacial score (nSPS) is 18.3. The van der Waals surface area contributed by atoms with E-state index >= 15 is 0 Å². The van der Waals surface area contributed by atoms with Gasteiger partial charge in [-0.1, -0.05) is 17.7 Å². The Balaban J connectivity index is 1.40. The summed E-state index contributed by atoms with van der Waals surface area (Å²) in [5, 5.41) is 9.66. The molecule has 1 fully saturated rings. The summed E-state index contributed by atoms with van der Waals surface area (Å²) in [6.07, 6.45) is 7.61. The van der Waals surface area contributed by atoms with Gasteiger partial charge in [0.2, 0.25) is 16.0 Å². The van der Waals surface area contributed by atoms with Gasteiger partial charge in [-0.3, -0.25) is 0 Å². The van der Waals surface area contributed by atoms with Gasteiger partial charge in [0.1, 0.15) is 4.90 Å². The summed E-state index contributed by atoms with van der Waals surface area (Å²) in [6.45, 7) is 1.88. The van der Waals surface area contributed by atoms with Crippen molar-refractivity contribution < 1.29 is 8.42 Å². The summed E-state index contributed by atoms with van der Waals surface area (Å²) in [5.41, 5.74) is 9.87. The number of fused-ring (bicyclic) bond motifs is 1. The minimum atomic E-state index is -3.97. The highest BCUT2D eigenvalue weighted by Gasteiger charge is 2.19. The highest BCUT2D eigenvalue weighted by Crippen LogP contribution is 2.30. The van der Waals surface area contributed by atoms with Gasteiger partial charge in [-0.15, -0.1) is 0 Å². The number of benzene rings is 2. The maximum Gasteiger partial charge on any atom is 0.239 e. The quantitative estimate of drug-likeness (QED) is 0.354. The largest absolute Gasteiger partial charge is 0.351 e. The van der Waals surface area contributed by atoms with Gasteiger partial charge in [-0.25, -0.2) is 33.5 Å². The Hall–Kier alpha value is -3.18. The average Bonchev–Trinajstić information content (AvgIpc) is 2.85. The van der Waals surface area contributed by atoms with Gasteiger partial charge in [0.25, 0.3) is 0 Å². The second kappa shape index (κ2) is 9.70. The Kier molecular flexibility index (Phi) is 6.60. The number of halogens is 1. The van der Waals surface area contributed by atoms with Gasteiger partial charge in [-0.05, 0) is 68.5 Å². The fraction of sp³-hybridized carbons (Fsp3) is 0.280. The number of nitrogens with one attached hydrogen (secondary N) is 1. The van der Waals surface area contributed by atoms with Gasteiger partial charge in [0.05, 0.1) is 10.5 Å². The molecule has 36 heavy (non-hydrogen) atoms. The highest BCUT2D eigenvalue weighted by molar-refractivity contribution is 7.89. The molecule has 186 valence electrons. The van der Waals surface area contributed by atoms with Crippen molar-refractivity contribution in [2.45, 2.75) is 49.6 Å². The van der Waals surface area contributed by atoms with Crippen molar-refractivity contribution in [1.82, 2.24) is 19.9 Å². The number of sulfonamides is 1. The molecule has 9 nitrogen and oxygen atoms in total. The van der Waals surface area contributed by atoms with Crippen molar-refractivity contribution >= 4 is 38.5 Å². The maximum absolute atomic E-state index is 11.8. The second-order valence-corrected chi connectivity index (χ2v) is 11.0. The summed E-state index contributed by atoms with van der Waals surface area (Å²) in [4.78, 5) is 18.1. The summed E-state index contributed by atoms with van der Waals surface area (Å²) >= 11 is 6.00. The van der Waals surface area contributed by atoms with E-state index in [0.29, 0.717) is 29.4 Å². The van der Waals surface area contributed by atoms with Crippen LogP contribution in [-0.4, -0.2) is 40.4 Å². The second-order valence-electron chi connectivity index (χ2n) is 9.11. The molecule has 11 heteroatoms. The Bertz CT molecular complexity index is 1550. The minimum Gasteiger partial charge on any atom is -0.351 e. The van der Waals surface area contributed by atoms with Crippen LogP contribution in [0.1, 0.15) is 31.4 Å². The van der Waals surface area contributed by atoms with Crippen LogP contribution in [-0.2, 0) is 10.0 Å². The SMILES string of the molecule is Cc1nc(-c2ccc(Cl)c(S(N)(=O)=O)c2)ncc1-c1ccc2nc(NC3CCC(N)CC3)ncc2c1. The lowest BCUT2D eigenvalue weighted by molar-refractivity contribution is 0.410. The lowest BCUT2D eigenvalue weighted by Crippen LogP contribution is -2.33. The zero-order valence-corrected chi connectivity index (χ0v) is 21.2. The molecular weight excluding hydrogens is 498 g/mol. The topological polar surface area (TPSA) is 150 Å². The number of rotatable bonds is 5. The number of aromatic nitrogens is 4. The van der Waals surface area contributed by atoms with E-state index in [9.17, 15) is 8.42 Å². The van der Waals surface area contributed by atoms with Crippen LogP contribution in [0.15, 0.2) is 53.7 Å². The average molecular weight is 524 g/mol. The maximum atomic E-state index is 11.8. The predicted octanol–water partition coefficient (Wildman–Crippen LogP) is 4.04. The fourth-order valence-electron chi connectivity index (χ4n) is 4.47. The van der Waals surface area contributed by atoms with Crippen molar-refractivity contribution in [3.63, 3.8) is 0 Å². The van der Waals surface area contributed by atoms with Crippen LogP contribution in [0.4, 0.5) is 5.95 Å². The molecule has 4 aromatic rings. The standard InChI is InChI=1S/C25H26ClN7O2S/c1-14-20(13-29-24(31-14)16-2-8-21(26)23(11-16)36(28,34)35)15-3-9-22-17(10-15)12-30-25(33-22)32-19-6-4-18(27)5-7-19/h2-3,8-13,18-19H,4-7,27H2,1H3,(H2,28,34,35)(H,30,32,33). The predicted molar refractivity (Wildman–Crippen MR) is 141 cm³/mol. The number of nitrogens with two attached hydrogens (primary N) is 2. The molecule has 0 saturated heterocycles. The molecule has 0 radical (unpaired) electrons. The van der Waals surface area contributed by atoms with Crippen molar-refractivity contribution in [3.05, 3.63) is 59.5 Å². The molecule has 5 rings (SSSR count). The number of hydrogen-bond acceptors (Lipinski definition) is 8. The summed E-state index contributed by atoms with van der Waals surface area (Å²) in [7, 11) is -3.97. The van der Waals surface area contributed by atoms with Crippen molar-refractivity contribution in [2.24, 2.45) is 10.9 Å². The van der Waals surface area contributed by atoms with E-state index in [2.05, 4.69) is 25.3 Å². The number of anilines is 1. The first-order valence-corrected chi connectivity index (χ1v) is 13.6. The summed E-state index contributed by atoms with van der Waals surface area (Å²) in [5.74, 6) is 1.00. The first-order valence-electron chi connectivity index (χ1n) is 11.6. The molecule has 0 spiro atoms. The smallest absolute Gasteiger partial charge is 0.239 e. The van der Waals surface area contributed by atoms with Crippen LogP contribution in [0.25, 0.3) is 33.4 Å². The fourth-order valence-corrected chi connectivity index (χ4v) is 5.54. The lowest BCUT2D eigenvalue weighted by atomic mass is 9.92. The van der Waals surface area contributed by atoms with Crippen molar-refractivity contribution in [1.29, 1.82) is 0 Å². The van der Waals surface area contributed by atoms with E-state index in [1.165, 1.54) is 12.1 Å². The van der Waals surface area contributed by atoms with Crippen LogP contribution in [0.2, 0.25) is 5.02 Å². The molecule has 0 atom stereocenters. The van der Waals surface area contributed by atoms with Gasteiger partial charge >= 0.3 is 0 Å². The monoisotopic (exact) mass is 523 g/mol. The van der Waals surface area contributed by atoms with Crippen LogP contribution in [0.3, 0.4) is 0 Å². The van der Waals surface area contributed by atoms with Gasteiger partial charge in [0.15, 0.2) is 5.82 Å². The third kappa shape index (κ3) is 5.17. The molecule has 0 amide bonds. The van der Waals surface area contributed by atoms with Crippen molar-refractivity contribution in [3.8, 4) is 22.5 Å². The van der Waals surface area contributed by atoms with Gasteiger partial charge < -0.3 is 11.1 Å². The third-order valence-corrected chi connectivity index (χ3v) is 7.86. The Labute approximate surface area is 214 Å². The number of hydrogen-bond donors (Lipinski definition) is 3. The molecule has 0 bridgehead atoms. The van der Waals surface area contributed by atoms with E-state index in [1.54, 1.807) is 12.3 Å². The molecule has 2 aromatic heterocycles. The first-order chi connectivity index (χ1) is 17.2. The Morgan fingerprint density at radius 2 is 1.72 bits per heavy atom. The van der Waals surface area contributed by atoms with Crippen LogP contribution < -0.4 is 16.2 Å². The van der Waals surface area contributed by atoms with E-state index in [4.69, 9.17) is 22.5 Å². The van der Waals surface area contributed by atoms with E-state index in [0.717, 1.165) is 53.4 Å². The lowest BCUT2D eigenvalue weighted by Gasteiger charge is -2.26. The molecular formula is C25H26ClN7O2S. The minimum absolute atomic E-state index is 0.0503. The molecule has 0 unspecified atom stereocenters. The van der Waals surface area contributed by atoms with Crippen LogP contribution in [0.5, 0.6) is 0 Å². The van der Waals surface area contributed by atoms with Crippen molar-refractivity contribution in [2.75, 3.05) is 5.32 Å². The molecule has 2 heterocycles. The van der Waals surface area contributed by atoms with E-state index < -0.39 is 10.0 Å². The summed E-state index contributed by atoms with van der Waals surface area (Å²) < 4.78 is 23.6. The zero-order valence-electron chi connectivity index (χ0n) is 19.6. The summed E-state index contributed by atoms with van der Waals surface area (Å²) in [6, 6.07) is 11.1. The number of primary sulfonamides is 1. The first kappa shape index (κ1) is 24.5. The Morgan fingerprint density at radius 3 is 2.44 bits per heavy atom. The molecule has 1 aliphatic carbocycles. The molecule has 2 aromatic carbocycles.